The van der Waals surface area contributed by atoms with Crippen molar-refractivity contribution in [2.45, 2.75) is 25.7 Å². The summed E-state index contributed by atoms with van der Waals surface area (Å²) in [5, 5.41) is 13.8. The molecule has 28 heavy (non-hydrogen) atoms. The lowest BCUT2D eigenvalue weighted by molar-refractivity contribution is 0.340. The van der Waals surface area contributed by atoms with Crippen molar-refractivity contribution in [3.63, 3.8) is 0 Å². The van der Waals surface area contributed by atoms with Gasteiger partial charge in [-0.15, -0.1) is 0 Å². The first-order chi connectivity index (χ1) is 13.3. The van der Waals surface area contributed by atoms with E-state index in [1.807, 2.05) is 19.1 Å². The lowest BCUT2D eigenvalue weighted by Gasteiger charge is -2.23. The Kier molecular flexibility index (Phi) is 5.92. The highest BCUT2D eigenvalue weighted by Crippen LogP contribution is 2.38. The summed E-state index contributed by atoms with van der Waals surface area (Å²) in [6.07, 6.45) is 9.45. The molecule has 5 nitrogen and oxygen atoms in total. The molecule has 2 unspecified atom stereocenters. The van der Waals surface area contributed by atoms with Gasteiger partial charge < -0.3 is 0 Å². The third-order valence-corrected chi connectivity index (χ3v) is 6.84. The van der Waals surface area contributed by atoms with Crippen molar-refractivity contribution in [2.24, 2.45) is 17.0 Å². The van der Waals surface area contributed by atoms with Crippen molar-refractivity contribution in [1.29, 1.82) is 5.26 Å². The third-order valence-electron chi connectivity index (χ3n) is 4.74. The minimum Gasteiger partial charge on any atom is -0.264 e. The number of oxime groups is 1. The molecule has 2 atom stereocenters. The van der Waals surface area contributed by atoms with Crippen LogP contribution in [0.2, 0.25) is 0 Å². The van der Waals surface area contributed by atoms with Crippen molar-refractivity contribution in [3.05, 3.63) is 76.3 Å². The van der Waals surface area contributed by atoms with E-state index in [-0.39, 0.29) is 10.8 Å². The SMILES string of the molecule is Cc1ccc(S(=O)(=O)O/N=C2C=C/C(=C(\C#N)C3=CC=CC(C)C3C)S\2)cc1. The smallest absolute Gasteiger partial charge is 0.264 e. The van der Waals surface area contributed by atoms with Gasteiger partial charge >= 0.3 is 10.1 Å². The first kappa shape index (κ1) is 20.2. The van der Waals surface area contributed by atoms with Crippen molar-refractivity contribution in [2.75, 3.05) is 0 Å². The summed E-state index contributed by atoms with van der Waals surface area (Å²) in [4.78, 5) is 0.781. The number of nitriles is 1. The second-order valence-corrected chi connectivity index (χ2v) is 9.30. The van der Waals surface area contributed by atoms with Gasteiger partial charge in [0, 0.05) is 4.91 Å². The van der Waals surface area contributed by atoms with Gasteiger partial charge in [0.25, 0.3) is 0 Å². The molecule has 7 heteroatoms. The first-order valence-electron chi connectivity index (χ1n) is 8.79. The second-order valence-electron chi connectivity index (χ2n) is 6.71. The zero-order chi connectivity index (χ0) is 20.3. The van der Waals surface area contributed by atoms with Gasteiger partial charge in [-0.25, -0.2) is 0 Å². The molecule has 2 aliphatic rings. The maximum atomic E-state index is 12.3. The Balaban J connectivity index is 1.79. The van der Waals surface area contributed by atoms with Crippen LogP contribution < -0.4 is 0 Å². The van der Waals surface area contributed by atoms with Gasteiger partial charge in [0.05, 0.1) is 5.57 Å². The number of thioether (sulfide) groups is 1. The molecule has 0 radical (unpaired) electrons. The van der Waals surface area contributed by atoms with E-state index in [0.29, 0.717) is 16.5 Å². The normalized spacial score (nSPS) is 24.8. The van der Waals surface area contributed by atoms with Gasteiger partial charge in [-0.3, -0.25) is 4.28 Å². The lowest BCUT2D eigenvalue weighted by atomic mass is 9.81. The number of rotatable bonds is 4. The van der Waals surface area contributed by atoms with Crippen LogP contribution in [-0.4, -0.2) is 13.5 Å². The van der Waals surface area contributed by atoms with Crippen LogP contribution in [0, 0.1) is 30.1 Å². The molecule has 0 bridgehead atoms. The molecule has 0 saturated heterocycles. The summed E-state index contributed by atoms with van der Waals surface area (Å²) in [5.41, 5.74) is 2.50. The van der Waals surface area contributed by atoms with Gasteiger partial charge in [0.1, 0.15) is 16.0 Å². The fourth-order valence-electron chi connectivity index (χ4n) is 2.85. The highest BCUT2D eigenvalue weighted by atomic mass is 32.2. The molecule has 144 valence electrons. The highest BCUT2D eigenvalue weighted by molar-refractivity contribution is 8.18. The monoisotopic (exact) mass is 412 g/mol. The molecule has 3 rings (SSSR count). The predicted molar refractivity (Wildman–Crippen MR) is 112 cm³/mol. The second kappa shape index (κ2) is 8.21. The Bertz CT molecular complexity index is 1070. The first-order valence-corrected chi connectivity index (χ1v) is 11.0. The van der Waals surface area contributed by atoms with Gasteiger partial charge in [-0.1, -0.05) is 66.7 Å². The Labute approximate surface area is 169 Å². The Morgan fingerprint density at radius 3 is 2.61 bits per heavy atom. The fourth-order valence-corrected chi connectivity index (χ4v) is 4.47. The summed E-state index contributed by atoms with van der Waals surface area (Å²) >= 11 is 1.22. The van der Waals surface area contributed by atoms with E-state index in [4.69, 9.17) is 4.28 Å². The summed E-state index contributed by atoms with van der Waals surface area (Å²) in [5.74, 6) is 0.566. The highest BCUT2D eigenvalue weighted by Gasteiger charge is 2.25. The molecule has 1 aromatic rings. The minimum atomic E-state index is -3.98. The third kappa shape index (κ3) is 4.29. The van der Waals surface area contributed by atoms with Gasteiger partial charge in [-0.2, -0.15) is 13.7 Å². The Hall–Kier alpha value is -2.56. The molecule has 0 aromatic heterocycles. The molecular weight excluding hydrogens is 392 g/mol. The van der Waals surface area contributed by atoms with Crippen LogP contribution in [0.5, 0.6) is 0 Å². The van der Waals surface area contributed by atoms with E-state index in [1.165, 1.54) is 23.9 Å². The Morgan fingerprint density at radius 1 is 1.21 bits per heavy atom. The van der Waals surface area contributed by atoms with Crippen LogP contribution in [0.4, 0.5) is 0 Å². The molecule has 0 spiro atoms. The van der Waals surface area contributed by atoms with Crippen LogP contribution in [0.3, 0.4) is 0 Å². The van der Waals surface area contributed by atoms with Crippen LogP contribution in [0.15, 0.2) is 80.7 Å². The average Bonchev–Trinajstić information content (AvgIpc) is 3.13. The van der Waals surface area contributed by atoms with E-state index < -0.39 is 10.1 Å². The lowest BCUT2D eigenvalue weighted by Crippen LogP contribution is -2.13. The largest absolute Gasteiger partial charge is 0.358 e. The fraction of sp³-hybridized carbons (Fsp3) is 0.238. The van der Waals surface area contributed by atoms with Gasteiger partial charge in [0.2, 0.25) is 0 Å². The van der Waals surface area contributed by atoms with E-state index in [1.54, 1.807) is 24.3 Å². The van der Waals surface area contributed by atoms with Crippen LogP contribution in [0.25, 0.3) is 0 Å². The van der Waals surface area contributed by atoms with Crippen LogP contribution >= 0.6 is 11.8 Å². The molecule has 1 aliphatic carbocycles. The van der Waals surface area contributed by atoms with Crippen LogP contribution in [-0.2, 0) is 14.4 Å². The van der Waals surface area contributed by atoms with Crippen LogP contribution in [0.1, 0.15) is 19.4 Å². The molecular formula is C21H20N2O3S2. The molecule has 1 aliphatic heterocycles. The molecule has 0 amide bonds. The van der Waals surface area contributed by atoms with E-state index in [0.717, 1.165) is 16.0 Å². The maximum Gasteiger partial charge on any atom is 0.358 e. The summed E-state index contributed by atoms with van der Waals surface area (Å²) in [6, 6.07) is 8.63. The number of aryl methyl sites for hydroxylation is 1. The molecule has 1 aromatic carbocycles. The Morgan fingerprint density at radius 2 is 1.93 bits per heavy atom. The molecule has 0 saturated carbocycles. The standard InChI is InChI=1S/C21H20N2O3S2/c1-14-7-9-17(10-8-14)28(24,25)26-23-21-12-11-20(27-21)19(13-22)18-6-4-5-15(2)16(18)3/h4-12,15-16H,1-3H3/b20-19-,23-21+. The van der Waals surface area contributed by atoms with Gasteiger partial charge in [0.15, 0.2) is 0 Å². The van der Waals surface area contributed by atoms with Crippen molar-refractivity contribution < 1.29 is 12.7 Å². The summed E-state index contributed by atoms with van der Waals surface area (Å²) in [6.45, 7) is 6.08. The topological polar surface area (TPSA) is 79.5 Å². The van der Waals surface area contributed by atoms with Crippen molar-refractivity contribution in [3.8, 4) is 6.07 Å². The zero-order valence-corrected chi connectivity index (χ0v) is 17.4. The summed E-state index contributed by atoms with van der Waals surface area (Å²) in [7, 11) is -3.98. The summed E-state index contributed by atoms with van der Waals surface area (Å²) < 4.78 is 29.4. The van der Waals surface area contributed by atoms with E-state index in [2.05, 4.69) is 31.1 Å². The van der Waals surface area contributed by atoms with Gasteiger partial charge in [-0.05, 0) is 48.6 Å². The quantitative estimate of drug-likeness (QED) is 0.521. The number of benzene rings is 1. The maximum absolute atomic E-state index is 12.3. The van der Waals surface area contributed by atoms with Crippen molar-refractivity contribution in [1.82, 2.24) is 0 Å². The number of allylic oxidation sites excluding steroid dienone is 6. The number of hydrogen-bond acceptors (Lipinski definition) is 6. The number of nitrogens with zero attached hydrogens (tertiary/aromatic N) is 2. The molecule has 1 heterocycles. The number of hydrogen-bond donors (Lipinski definition) is 0. The average molecular weight is 413 g/mol. The molecule has 0 N–H and O–H groups in total. The predicted octanol–water partition coefficient (Wildman–Crippen LogP) is 4.86. The van der Waals surface area contributed by atoms with E-state index >= 15 is 0 Å². The van der Waals surface area contributed by atoms with Crippen molar-refractivity contribution >= 4 is 26.9 Å². The minimum absolute atomic E-state index is 0.0462. The molecule has 0 fully saturated rings. The zero-order valence-electron chi connectivity index (χ0n) is 15.8. The van der Waals surface area contributed by atoms with E-state index in [9.17, 15) is 13.7 Å².